The van der Waals surface area contributed by atoms with Crippen molar-refractivity contribution in [1.82, 2.24) is 14.7 Å². The molecular weight excluding hydrogens is 362 g/mol. The normalized spacial score (nSPS) is 29.4. The van der Waals surface area contributed by atoms with Gasteiger partial charge in [0.15, 0.2) is 0 Å². The smallest absolute Gasteiger partial charge is 0.261 e. The van der Waals surface area contributed by atoms with Gasteiger partial charge in [-0.3, -0.25) is 24.3 Å². The van der Waals surface area contributed by atoms with Crippen LogP contribution in [0.5, 0.6) is 0 Å². The van der Waals surface area contributed by atoms with E-state index in [1.165, 1.54) is 4.90 Å². The monoisotopic (exact) mass is 389 g/mol. The maximum atomic E-state index is 12.8. The van der Waals surface area contributed by atoms with E-state index in [9.17, 15) is 19.8 Å². The van der Waals surface area contributed by atoms with E-state index in [-0.39, 0.29) is 11.8 Å². The van der Waals surface area contributed by atoms with Crippen molar-refractivity contribution in [3.8, 4) is 0 Å². The van der Waals surface area contributed by atoms with Gasteiger partial charge in [-0.15, -0.1) is 0 Å². The number of aliphatic hydroxyl groups excluding tert-OH is 2. The van der Waals surface area contributed by atoms with Crippen LogP contribution in [0.25, 0.3) is 0 Å². The van der Waals surface area contributed by atoms with Crippen molar-refractivity contribution >= 4 is 11.8 Å². The Balaban J connectivity index is 1.42. The summed E-state index contributed by atoms with van der Waals surface area (Å²) in [4.78, 5) is 30.6. The molecule has 0 spiro atoms. The maximum Gasteiger partial charge on any atom is 0.261 e. The van der Waals surface area contributed by atoms with Crippen molar-refractivity contribution in [2.75, 3.05) is 39.4 Å². The number of piperidine rings is 1. The SMILES string of the molecule is O=C1c2ccccc2C(=O)N1C1CCC(O)N(CCCN2CCOCC2)C1O. The molecule has 1 aromatic carbocycles. The first-order valence-corrected chi connectivity index (χ1v) is 9.97. The quantitative estimate of drug-likeness (QED) is 0.690. The number of nitrogens with zero attached hydrogens (tertiary/aromatic N) is 3. The highest BCUT2D eigenvalue weighted by molar-refractivity contribution is 6.21. The summed E-state index contributed by atoms with van der Waals surface area (Å²) in [7, 11) is 0. The van der Waals surface area contributed by atoms with Gasteiger partial charge in [0.1, 0.15) is 12.5 Å². The Morgan fingerprint density at radius 2 is 1.61 bits per heavy atom. The number of imide groups is 1. The minimum absolute atomic E-state index is 0.366. The largest absolute Gasteiger partial charge is 0.379 e. The number of rotatable bonds is 5. The van der Waals surface area contributed by atoms with E-state index in [0.29, 0.717) is 30.5 Å². The Morgan fingerprint density at radius 3 is 2.25 bits per heavy atom. The molecule has 2 amide bonds. The summed E-state index contributed by atoms with van der Waals surface area (Å²) in [6.07, 6.45) is -0.273. The lowest BCUT2D eigenvalue weighted by molar-refractivity contribution is -0.156. The lowest BCUT2D eigenvalue weighted by Gasteiger charge is -2.44. The molecule has 1 aromatic rings. The van der Waals surface area contributed by atoms with Crippen molar-refractivity contribution in [3.63, 3.8) is 0 Å². The number of morpholine rings is 1. The first kappa shape index (κ1) is 19.5. The number of aliphatic hydroxyl groups is 2. The second-order valence-electron chi connectivity index (χ2n) is 7.61. The Labute approximate surface area is 164 Å². The second kappa shape index (κ2) is 8.26. The van der Waals surface area contributed by atoms with Gasteiger partial charge in [-0.05, 0) is 37.9 Å². The molecule has 28 heavy (non-hydrogen) atoms. The molecule has 2 N–H and O–H groups in total. The molecular formula is C20H27N3O5. The zero-order chi connectivity index (χ0) is 19.7. The summed E-state index contributed by atoms with van der Waals surface area (Å²) < 4.78 is 5.35. The fraction of sp³-hybridized carbons (Fsp3) is 0.600. The van der Waals surface area contributed by atoms with Crippen molar-refractivity contribution in [3.05, 3.63) is 35.4 Å². The van der Waals surface area contributed by atoms with Gasteiger partial charge in [0, 0.05) is 19.6 Å². The third kappa shape index (κ3) is 3.58. The topological polar surface area (TPSA) is 93.6 Å². The van der Waals surface area contributed by atoms with Gasteiger partial charge < -0.3 is 14.9 Å². The van der Waals surface area contributed by atoms with Crippen molar-refractivity contribution < 1.29 is 24.5 Å². The molecule has 0 bridgehead atoms. The number of fused-ring (bicyclic) bond motifs is 1. The molecule has 2 saturated heterocycles. The van der Waals surface area contributed by atoms with Gasteiger partial charge >= 0.3 is 0 Å². The summed E-state index contributed by atoms with van der Waals surface area (Å²) >= 11 is 0. The third-order valence-corrected chi connectivity index (χ3v) is 5.94. The van der Waals surface area contributed by atoms with Crippen LogP contribution in [0.15, 0.2) is 24.3 Å². The number of benzene rings is 1. The lowest BCUT2D eigenvalue weighted by Crippen LogP contribution is -2.60. The van der Waals surface area contributed by atoms with Crippen LogP contribution in [0.2, 0.25) is 0 Å². The summed E-state index contributed by atoms with van der Waals surface area (Å²) in [5.41, 5.74) is 0.759. The molecule has 4 rings (SSSR count). The first-order valence-electron chi connectivity index (χ1n) is 9.97. The van der Waals surface area contributed by atoms with Crippen LogP contribution in [0.3, 0.4) is 0 Å². The van der Waals surface area contributed by atoms with Crippen LogP contribution in [-0.2, 0) is 4.74 Å². The highest BCUT2D eigenvalue weighted by Gasteiger charge is 2.46. The number of hydrogen-bond acceptors (Lipinski definition) is 7. The number of hydrogen-bond donors (Lipinski definition) is 2. The highest BCUT2D eigenvalue weighted by atomic mass is 16.5. The molecule has 0 saturated carbocycles. The predicted molar refractivity (Wildman–Crippen MR) is 101 cm³/mol. The minimum atomic E-state index is -1.07. The molecule has 2 fully saturated rings. The molecule has 3 aliphatic heterocycles. The lowest BCUT2D eigenvalue weighted by atomic mass is 10.00. The fourth-order valence-corrected chi connectivity index (χ4v) is 4.39. The number of carbonyl (C=O) groups is 2. The van der Waals surface area contributed by atoms with E-state index < -0.39 is 18.5 Å². The number of ether oxygens (including phenoxy) is 1. The number of amides is 2. The molecule has 3 atom stereocenters. The fourth-order valence-electron chi connectivity index (χ4n) is 4.39. The van der Waals surface area contributed by atoms with E-state index in [2.05, 4.69) is 4.90 Å². The summed E-state index contributed by atoms with van der Waals surface area (Å²) in [5.74, 6) is -0.733. The molecule has 8 heteroatoms. The Bertz CT molecular complexity index is 701. The van der Waals surface area contributed by atoms with Crippen LogP contribution in [0.1, 0.15) is 40.0 Å². The second-order valence-corrected chi connectivity index (χ2v) is 7.61. The van der Waals surface area contributed by atoms with Gasteiger partial charge in [0.05, 0.1) is 30.4 Å². The van der Waals surface area contributed by atoms with Crippen LogP contribution >= 0.6 is 0 Å². The Hall–Kier alpha value is -1.84. The minimum Gasteiger partial charge on any atom is -0.379 e. The number of carbonyl (C=O) groups excluding carboxylic acids is 2. The van der Waals surface area contributed by atoms with E-state index >= 15 is 0 Å². The average Bonchev–Trinajstić information content (AvgIpc) is 2.97. The maximum absolute atomic E-state index is 12.8. The van der Waals surface area contributed by atoms with E-state index in [4.69, 9.17) is 4.74 Å². The van der Waals surface area contributed by atoms with Crippen LogP contribution in [0.4, 0.5) is 0 Å². The molecule has 0 aromatic heterocycles. The molecule has 3 heterocycles. The molecule has 8 nitrogen and oxygen atoms in total. The molecule has 152 valence electrons. The first-order chi connectivity index (χ1) is 13.6. The molecule has 3 aliphatic rings. The van der Waals surface area contributed by atoms with Gasteiger partial charge in [-0.2, -0.15) is 0 Å². The van der Waals surface area contributed by atoms with Gasteiger partial charge in [-0.25, -0.2) is 0 Å². The Morgan fingerprint density at radius 1 is 0.964 bits per heavy atom. The standard InChI is InChI=1S/C20H27N3O5/c24-17-7-6-16(23-18(25)14-4-1-2-5-15(14)19(23)26)20(27)22(17)9-3-8-21-10-12-28-13-11-21/h1-2,4-5,16-17,20,24,27H,3,6-13H2. The van der Waals surface area contributed by atoms with Crippen molar-refractivity contribution in [2.45, 2.75) is 37.8 Å². The molecule has 0 aliphatic carbocycles. The molecule has 0 radical (unpaired) electrons. The Kier molecular flexibility index (Phi) is 5.75. The summed E-state index contributed by atoms with van der Waals surface area (Å²) in [5, 5.41) is 21.3. The predicted octanol–water partition coefficient (Wildman–Crippen LogP) is 0.106. The summed E-state index contributed by atoms with van der Waals surface area (Å²) in [6, 6.07) is 6.08. The van der Waals surface area contributed by atoms with Gasteiger partial charge in [0.2, 0.25) is 0 Å². The highest BCUT2D eigenvalue weighted by Crippen LogP contribution is 2.31. The average molecular weight is 389 g/mol. The van der Waals surface area contributed by atoms with E-state index in [0.717, 1.165) is 39.3 Å². The van der Waals surface area contributed by atoms with Gasteiger partial charge in [0.25, 0.3) is 11.8 Å². The molecule has 3 unspecified atom stereocenters. The van der Waals surface area contributed by atoms with Gasteiger partial charge in [-0.1, -0.05) is 12.1 Å². The third-order valence-electron chi connectivity index (χ3n) is 5.94. The van der Waals surface area contributed by atoms with E-state index in [1.807, 2.05) is 0 Å². The zero-order valence-electron chi connectivity index (χ0n) is 15.9. The van der Waals surface area contributed by atoms with Crippen molar-refractivity contribution in [1.29, 1.82) is 0 Å². The zero-order valence-corrected chi connectivity index (χ0v) is 15.9. The van der Waals surface area contributed by atoms with Crippen LogP contribution in [0, 0.1) is 0 Å². The van der Waals surface area contributed by atoms with E-state index in [1.54, 1.807) is 29.2 Å². The van der Waals surface area contributed by atoms with Crippen molar-refractivity contribution in [2.24, 2.45) is 0 Å². The number of likely N-dealkylation sites (tertiary alicyclic amines) is 1. The van der Waals surface area contributed by atoms with Crippen LogP contribution in [-0.4, -0.2) is 94.6 Å². The summed E-state index contributed by atoms with van der Waals surface area (Å²) in [6.45, 7) is 4.61. The van der Waals surface area contributed by atoms with Crippen LogP contribution < -0.4 is 0 Å².